The predicted molar refractivity (Wildman–Crippen MR) is 83.5 cm³/mol. The van der Waals surface area contributed by atoms with Crippen LogP contribution in [0, 0.1) is 13.8 Å². The Kier molecular flexibility index (Phi) is 3.00. The fourth-order valence-corrected chi connectivity index (χ4v) is 2.71. The number of aryl methyl sites for hydroxylation is 3. The van der Waals surface area contributed by atoms with Crippen molar-refractivity contribution < 1.29 is 4.79 Å². The molecule has 0 spiro atoms. The van der Waals surface area contributed by atoms with Gasteiger partial charge in [-0.3, -0.25) is 4.79 Å². The summed E-state index contributed by atoms with van der Waals surface area (Å²) in [5.74, 6) is 0.944. The number of carbonyl (C=O) groups is 1. The van der Waals surface area contributed by atoms with Crippen molar-refractivity contribution in [2.24, 2.45) is 0 Å². The minimum Gasteiger partial charge on any atom is -0.368 e. The molecule has 2 N–H and O–H groups in total. The molecule has 1 aliphatic heterocycles. The molecule has 0 saturated heterocycles. The first kappa shape index (κ1) is 13.7. The molecule has 0 unspecified atom stereocenters. The van der Waals surface area contributed by atoms with Crippen LogP contribution < -0.4 is 10.6 Å². The Hall–Kier alpha value is -2.97. The lowest BCUT2D eigenvalue weighted by Gasteiger charge is -2.16. The van der Waals surface area contributed by atoms with E-state index in [1.807, 2.05) is 24.6 Å². The molecule has 3 aromatic rings. The number of hydrogen-bond donors (Lipinski definition) is 2. The van der Waals surface area contributed by atoms with Gasteiger partial charge in [0, 0.05) is 24.5 Å². The summed E-state index contributed by atoms with van der Waals surface area (Å²) in [6.45, 7) is 5.49. The number of hydrogen-bond acceptors (Lipinski definition) is 6. The molecule has 4 rings (SSSR count). The molecule has 0 atom stereocenters. The highest BCUT2D eigenvalue weighted by molar-refractivity contribution is 6.03. The van der Waals surface area contributed by atoms with Crippen LogP contribution in [0.4, 0.5) is 11.5 Å². The van der Waals surface area contributed by atoms with Gasteiger partial charge in [-0.25, -0.2) is 14.2 Å². The third-order valence-corrected chi connectivity index (χ3v) is 3.75. The van der Waals surface area contributed by atoms with Gasteiger partial charge in [-0.1, -0.05) is 0 Å². The molecule has 3 aromatic heterocycles. The van der Waals surface area contributed by atoms with Crippen LogP contribution in [-0.4, -0.2) is 41.8 Å². The monoisotopic (exact) mass is 312 g/mol. The summed E-state index contributed by atoms with van der Waals surface area (Å²) in [5.41, 5.74) is 2.35. The van der Waals surface area contributed by atoms with Crippen LogP contribution in [0.1, 0.15) is 28.4 Å². The largest absolute Gasteiger partial charge is 0.368 e. The van der Waals surface area contributed by atoms with Crippen LogP contribution in [0.25, 0.3) is 5.78 Å². The minimum absolute atomic E-state index is 0.0851. The molecule has 0 bridgehead atoms. The van der Waals surface area contributed by atoms with E-state index in [1.165, 1.54) is 0 Å². The van der Waals surface area contributed by atoms with Gasteiger partial charge >= 0.3 is 0 Å². The lowest BCUT2D eigenvalue weighted by molar-refractivity contribution is 0.101. The number of nitrogens with one attached hydrogen (secondary N) is 2. The van der Waals surface area contributed by atoms with E-state index in [4.69, 9.17) is 0 Å². The summed E-state index contributed by atoms with van der Waals surface area (Å²) in [6, 6.07) is 1.89. The topological polar surface area (TPSA) is 102 Å². The number of anilines is 2. The average Bonchev–Trinajstić information content (AvgIpc) is 3.12. The first-order valence-corrected chi connectivity index (χ1v) is 7.44. The highest BCUT2D eigenvalue weighted by atomic mass is 16.2. The highest BCUT2D eigenvalue weighted by Crippen LogP contribution is 2.24. The van der Waals surface area contributed by atoms with Gasteiger partial charge in [0.15, 0.2) is 0 Å². The van der Waals surface area contributed by atoms with Gasteiger partial charge in [-0.15, -0.1) is 5.10 Å². The molecule has 1 aliphatic rings. The van der Waals surface area contributed by atoms with E-state index in [0.29, 0.717) is 11.5 Å². The molecule has 0 aliphatic carbocycles. The summed E-state index contributed by atoms with van der Waals surface area (Å²) in [5, 5.41) is 14.5. The van der Waals surface area contributed by atoms with Gasteiger partial charge in [0.25, 0.3) is 11.7 Å². The van der Waals surface area contributed by atoms with Crippen LogP contribution in [0.15, 0.2) is 12.3 Å². The van der Waals surface area contributed by atoms with Crippen molar-refractivity contribution in [3.8, 4) is 0 Å². The van der Waals surface area contributed by atoms with E-state index >= 15 is 0 Å². The molecule has 9 heteroatoms. The van der Waals surface area contributed by atoms with E-state index in [-0.39, 0.29) is 11.7 Å². The summed E-state index contributed by atoms with van der Waals surface area (Å²) in [6.07, 6.45) is 2.65. The number of fused-ring (bicyclic) bond motifs is 2. The Balaban J connectivity index is 1.64. The van der Waals surface area contributed by atoms with Crippen LogP contribution in [0.2, 0.25) is 0 Å². The van der Waals surface area contributed by atoms with Crippen molar-refractivity contribution in [2.45, 2.75) is 26.8 Å². The fraction of sp³-hybridized carbons (Fsp3) is 0.357. The lowest BCUT2D eigenvalue weighted by atomic mass is 10.3. The van der Waals surface area contributed by atoms with Gasteiger partial charge in [0.1, 0.15) is 11.5 Å². The molecular weight excluding hydrogens is 296 g/mol. The zero-order chi connectivity index (χ0) is 16.0. The van der Waals surface area contributed by atoms with Crippen molar-refractivity contribution in [1.82, 2.24) is 29.4 Å². The van der Waals surface area contributed by atoms with Gasteiger partial charge in [0.05, 0.1) is 6.20 Å². The van der Waals surface area contributed by atoms with Crippen LogP contribution >= 0.6 is 0 Å². The predicted octanol–water partition coefficient (Wildman–Crippen LogP) is 1.01. The standard InChI is InChI=1S/C14H16N8O/c1-8-6-9(2)22-14(17-8)19-11(20-22)13(23)18-10-7-16-21-5-3-4-15-12(10)21/h6-7,15H,3-5H2,1-2H3,(H,18,23). The number of amides is 1. The third kappa shape index (κ3) is 2.30. The lowest BCUT2D eigenvalue weighted by Crippen LogP contribution is -2.20. The van der Waals surface area contributed by atoms with E-state index in [2.05, 4.69) is 30.8 Å². The molecule has 0 saturated carbocycles. The van der Waals surface area contributed by atoms with E-state index in [9.17, 15) is 4.79 Å². The Labute approximate surface area is 131 Å². The molecule has 0 fully saturated rings. The Morgan fingerprint density at radius 3 is 3.09 bits per heavy atom. The maximum atomic E-state index is 12.4. The van der Waals surface area contributed by atoms with Crippen molar-refractivity contribution in [2.75, 3.05) is 17.2 Å². The third-order valence-electron chi connectivity index (χ3n) is 3.75. The molecule has 1 amide bonds. The van der Waals surface area contributed by atoms with Crippen molar-refractivity contribution in [1.29, 1.82) is 0 Å². The molecule has 0 radical (unpaired) electrons. The van der Waals surface area contributed by atoms with Crippen LogP contribution in [-0.2, 0) is 6.54 Å². The van der Waals surface area contributed by atoms with Crippen molar-refractivity contribution in [3.05, 3.63) is 29.5 Å². The Morgan fingerprint density at radius 1 is 1.35 bits per heavy atom. The number of aromatic nitrogens is 6. The zero-order valence-electron chi connectivity index (χ0n) is 12.9. The average molecular weight is 312 g/mol. The molecule has 9 nitrogen and oxygen atoms in total. The maximum Gasteiger partial charge on any atom is 0.295 e. The Bertz CT molecular complexity index is 909. The van der Waals surface area contributed by atoms with Crippen molar-refractivity contribution >= 4 is 23.2 Å². The van der Waals surface area contributed by atoms with Gasteiger partial charge in [-0.2, -0.15) is 10.1 Å². The zero-order valence-corrected chi connectivity index (χ0v) is 12.9. The van der Waals surface area contributed by atoms with E-state index in [0.717, 1.165) is 36.7 Å². The van der Waals surface area contributed by atoms with Crippen LogP contribution in [0.3, 0.4) is 0 Å². The fourth-order valence-electron chi connectivity index (χ4n) is 2.71. The first-order chi connectivity index (χ1) is 11.1. The molecule has 118 valence electrons. The molecular formula is C14H16N8O. The van der Waals surface area contributed by atoms with E-state index < -0.39 is 0 Å². The second-order valence-corrected chi connectivity index (χ2v) is 5.55. The highest BCUT2D eigenvalue weighted by Gasteiger charge is 2.20. The number of nitrogens with zero attached hydrogens (tertiary/aromatic N) is 6. The SMILES string of the molecule is Cc1cc(C)n2nc(C(=O)Nc3cnn4c3NCCC4)nc2n1. The quantitative estimate of drug-likeness (QED) is 0.732. The van der Waals surface area contributed by atoms with Gasteiger partial charge < -0.3 is 10.6 Å². The molecule has 0 aromatic carbocycles. The number of carbonyl (C=O) groups excluding carboxylic acids is 1. The molecule has 4 heterocycles. The summed E-state index contributed by atoms with van der Waals surface area (Å²) in [4.78, 5) is 20.9. The first-order valence-electron chi connectivity index (χ1n) is 7.44. The normalized spacial score (nSPS) is 13.7. The summed E-state index contributed by atoms with van der Waals surface area (Å²) < 4.78 is 3.40. The minimum atomic E-state index is -0.379. The summed E-state index contributed by atoms with van der Waals surface area (Å²) in [7, 11) is 0. The number of rotatable bonds is 2. The second kappa shape index (κ2) is 5.04. The van der Waals surface area contributed by atoms with Crippen LogP contribution in [0.5, 0.6) is 0 Å². The summed E-state index contributed by atoms with van der Waals surface area (Å²) >= 11 is 0. The molecule has 23 heavy (non-hydrogen) atoms. The Morgan fingerprint density at radius 2 is 2.22 bits per heavy atom. The second-order valence-electron chi connectivity index (χ2n) is 5.55. The van der Waals surface area contributed by atoms with E-state index in [1.54, 1.807) is 10.7 Å². The van der Waals surface area contributed by atoms with Crippen molar-refractivity contribution in [3.63, 3.8) is 0 Å². The van der Waals surface area contributed by atoms with Gasteiger partial charge in [-0.05, 0) is 26.3 Å². The van der Waals surface area contributed by atoms with Gasteiger partial charge in [0.2, 0.25) is 5.82 Å². The maximum absolute atomic E-state index is 12.4. The smallest absolute Gasteiger partial charge is 0.295 e.